The summed E-state index contributed by atoms with van der Waals surface area (Å²) in [5.41, 5.74) is 1.23. The number of hydrogen-bond donors (Lipinski definition) is 2. The molecule has 1 rings (SSSR count). The second-order valence-corrected chi connectivity index (χ2v) is 4.61. The average Bonchev–Trinajstić information content (AvgIpc) is 2.04. The van der Waals surface area contributed by atoms with Gasteiger partial charge in [0, 0.05) is 0 Å². The van der Waals surface area contributed by atoms with Crippen LogP contribution in [-0.2, 0) is 0 Å². The number of hydrogen-bond acceptors (Lipinski definition) is 2. The Morgan fingerprint density at radius 1 is 1.08 bits per heavy atom. The Hall–Kier alpha value is -0.643. The van der Waals surface area contributed by atoms with E-state index >= 15 is 0 Å². The first-order valence-electron chi connectivity index (χ1n) is 4.07. The highest BCUT2D eigenvalue weighted by atomic mass is 28.3. The molecule has 1 aromatic carbocycles. The third-order valence-corrected chi connectivity index (χ3v) is 2.88. The second-order valence-electron chi connectivity index (χ2n) is 3.20. The highest BCUT2D eigenvalue weighted by Crippen LogP contribution is 2.11. The van der Waals surface area contributed by atoms with E-state index in [1.807, 2.05) is 12.1 Å². The summed E-state index contributed by atoms with van der Waals surface area (Å²) in [4.78, 5) is 17.9. The molecule has 0 aliphatic carbocycles. The molecular formula is C9H14O2Si. The van der Waals surface area contributed by atoms with Gasteiger partial charge >= 0.3 is 9.28 Å². The third-order valence-electron chi connectivity index (χ3n) is 1.90. The minimum Gasteiger partial charge on any atom is -0.410 e. The average molecular weight is 182 g/mol. The smallest absolute Gasteiger partial charge is 0.350 e. The maximum absolute atomic E-state index is 8.95. The van der Waals surface area contributed by atoms with Crippen molar-refractivity contribution in [2.45, 2.75) is 19.8 Å². The largest absolute Gasteiger partial charge is 0.410 e. The van der Waals surface area contributed by atoms with E-state index in [4.69, 9.17) is 9.59 Å². The van der Waals surface area contributed by atoms with Crippen molar-refractivity contribution in [2.24, 2.45) is 0 Å². The fourth-order valence-electron chi connectivity index (χ4n) is 1.05. The molecule has 0 bridgehead atoms. The first kappa shape index (κ1) is 9.44. The van der Waals surface area contributed by atoms with Crippen molar-refractivity contribution in [2.75, 3.05) is 0 Å². The molecule has 1 aromatic rings. The summed E-state index contributed by atoms with van der Waals surface area (Å²) in [6.07, 6.45) is 0. The molecule has 0 atom stereocenters. The van der Waals surface area contributed by atoms with Gasteiger partial charge in [-0.05, 0) is 16.7 Å². The van der Waals surface area contributed by atoms with E-state index in [1.165, 1.54) is 5.56 Å². The lowest BCUT2D eigenvalue weighted by molar-refractivity contribution is 0.426. The summed E-state index contributed by atoms with van der Waals surface area (Å²) in [7, 11) is -2.58. The van der Waals surface area contributed by atoms with Gasteiger partial charge in [0.05, 0.1) is 0 Å². The van der Waals surface area contributed by atoms with Gasteiger partial charge in [-0.25, -0.2) is 0 Å². The molecule has 0 aliphatic heterocycles. The van der Waals surface area contributed by atoms with Crippen molar-refractivity contribution in [1.29, 1.82) is 0 Å². The summed E-state index contributed by atoms with van der Waals surface area (Å²) in [5, 5.41) is 0.680. The summed E-state index contributed by atoms with van der Waals surface area (Å²) in [6.45, 7) is 4.23. The Balaban J connectivity index is 2.86. The van der Waals surface area contributed by atoms with Gasteiger partial charge in [-0.1, -0.05) is 38.1 Å². The molecule has 3 heteroatoms. The van der Waals surface area contributed by atoms with Crippen LogP contribution in [0.15, 0.2) is 24.3 Å². The van der Waals surface area contributed by atoms with Crippen LogP contribution in [0.5, 0.6) is 0 Å². The molecule has 0 heterocycles. The molecule has 0 saturated heterocycles. The minimum atomic E-state index is -2.58. The molecule has 0 fully saturated rings. The number of rotatable bonds is 2. The summed E-state index contributed by atoms with van der Waals surface area (Å²) >= 11 is 0. The molecule has 12 heavy (non-hydrogen) atoms. The van der Waals surface area contributed by atoms with Crippen molar-refractivity contribution >= 4 is 14.5 Å². The van der Waals surface area contributed by atoms with Gasteiger partial charge in [0.25, 0.3) is 0 Å². The zero-order chi connectivity index (χ0) is 9.14. The van der Waals surface area contributed by atoms with Crippen LogP contribution < -0.4 is 5.19 Å². The predicted octanol–water partition coefficient (Wildman–Crippen LogP) is 0.222. The van der Waals surface area contributed by atoms with Crippen LogP contribution in [0.3, 0.4) is 0 Å². The zero-order valence-corrected chi connectivity index (χ0v) is 8.51. The normalized spacial score (nSPS) is 11.2. The van der Waals surface area contributed by atoms with Crippen molar-refractivity contribution in [1.82, 2.24) is 0 Å². The van der Waals surface area contributed by atoms with Crippen molar-refractivity contribution in [3.63, 3.8) is 0 Å². The van der Waals surface area contributed by atoms with E-state index < -0.39 is 9.28 Å². The lowest BCUT2D eigenvalue weighted by Gasteiger charge is -2.06. The van der Waals surface area contributed by atoms with Crippen LogP contribution in [0.25, 0.3) is 0 Å². The van der Waals surface area contributed by atoms with Crippen molar-refractivity contribution in [3.05, 3.63) is 29.8 Å². The van der Waals surface area contributed by atoms with Gasteiger partial charge in [-0.15, -0.1) is 0 Å². The summed E-state index contributed by atoms with van der Waals surface area (Å²) < 4.78 is 0. The van der Waals surface area contributed by atoms with Gasteiger partial charge in [0.1, 0.15) is 0 Å². The molecule has 2 nitrogen and oxygen atoms in total. The lowest BCUT2D eigenvalue weighted by atomic mass is 10.0. The molecule has 0 spiro atoms. The van der Waals surface area contributed by atoms with E-state index in [1.54, 1.807) is 12.1 Å². The van der Waals surface area contributed by atoms with Crippen LogP contribution in [0.1, 0.15) is 25.3 Å². The Morgan fingerprint density at radius 2 is 1.58 bits per heavy atom. The first-order valence-corrected chi connectivity index (χ1v) is 5.68. The Labute approximate surface area is 74.3 Å². The SMILES string of the molecule is CC(C)c1ccc([SiH](O)O)cc1. The lowest BCUT2D eigenvalue weighted by Crippen LogP contribution is -2.29. The van der Waals surface area contributed by atoms with E-state index in [0.717, 1.165) is 0 Å². The van der Waals surface area contributed by atoms with Gasteiger partial charge in [0.2, 0.25) is 0 Å². The monoisotopic (exact) mass is 182 g/mol. The van der Waals surface area contributed by atoms with Gasteiger partial charge in [-0.2, -0.15) is 0 Å². The fourth-order valence-corrected chi connectivity index (χ4v) is 1.59. The molecule has 2 N–H and O–H groups in total. The minimum absolute atomic E-state index is 0.497. The molecule has 0 aromatic heterocycles. The maximum Gasteiger partial charge on any atom is 0.350 e. The Bertz CT molecular complexity index is 214. The molecule has 0 saturated carbocycles. The highest BCUT2D eigenvalue weighted by molar-refractivity contribution is 6.58. The topological polar surface area (TPSA) is 40.5 Å². The number of benzene rings is 1. The molecule has 0 unspecified atom stereocenters. The van der Waals surface area contributed by atoms with Crippen LogP contribution in [0.4, 0.5) is 0 Å². The van der Waals surface area contributed by atoms with E-state index in [2.05, 4.69) is 13.8 Å². The maximum atomic E-state index is 8.95. The van der Waals surface area contributed by atoms with Gasteiger partial charge in [0.15, 0.2) is 0 Å². The molecule has 0 radical (unpaired) electrons. The molecular weight excluding hydrogens is 168 g/mol. The summed E-state index contributed by atoms with van der Waals surface area (Å²) in [5.74, 6) is 0.497. The quantitative estimate of drug-likeness (QED) is 0.642. The summed E-state index contributed by atoms with van der Waals surface area (Å²) in [6, 6.07) is 7.50. The third kappa shape index (κ3) is 2.17. The van der Waals surface area contributed by atoms with Crippen molar-refractivity contribution < 1.29 is 9.59 Å². The van der Waals surface area contributed by atoms with E-state index in [-0.39, 0.29) is 0 Å². The Kier molecular flexibility index (Phi) is 3.03. The Morgan fingerprint density at radius 3 is 1.92 bits per heavy atom. The van der Waals surface area contributed by atoms with Gasteiger partial charge in [-0.3, -0.25) is 0 Å². The van der Waals surface area contributed by atoms with Gasteiger partial charge < -0.3 is 9.59 Å². The van der Waals surface area contributed by atoms with E-state index in [9.17, 15) is 0 Å². The highest BCUT2D eigenvalue weighted by Gasteiger charge is 2.06. The fraction of sp³-hybridized carbons (Fsp3) is 0.333. The first-order chi connectivity index (χ1) is 5.61. The zero-order valence-electron chi connectivity index (χ0n) is 7.36. The van der Waals surface area contributed by atoms with Crippen LogP contribution in [-0.4, -0.2) is 18.9 Å². The molecule has 0 amide bonds. The molecule has 0 aliphatic rings. The van der Waals surface area contributed by atoms with Crippen LogP contribution >= 0.6 is 0 Å². The standard InChI is InChI=1S/C9H14O2Si/c1-7(2)8-3-5-9(6-4-8)12(10)11/h3-7,10-12H,1-2H3. The van der Waals surface area contributed by atoms with Crippen molar-refractivity contribution in [3.8, 4) is 0 Å². The second kappa shape index (κ2) is 3.84. The van der Waals surface area contributed by atoms with E-state index in [0.29, 0.717) is 11.1 Å². The predicted molar refractivity (Wildman–Crippen MR) is 51.8 cm³/mol. The van der Waals surface area contributed by atoms with Crippen LogP contribution in [0.2, 0.25) is 0 Å². The van der Waals surface area contributed by atoms with Crippen LogP contribution in [0, 0.1) is 0 Å². The molecule has 66 valence electrons.